The molecule has 0 aromatic heterocycles. The summed E-state index contributed by atoms with van der Waals surface area (Å²) in [5.74, 6) is 0.819. The number of para-hydroxylation sites is 1. The van der Waals surface area contributed by atoms with E-state index in [-0.39, 0.29) is 24.0 Å². The first-order chi connectivity index (χ1) is 13.7. The molecule has 0 radical (unpaired) electrons. The Morgan fingerprint density at radius 2 is 1.66 bits per heavy atom. The molecule has 0 bridgehead atoms. The van der Waals surface area contributed by atoms with E-state index >= 15 is 0 Å². The largest absolute Gasteiger partial charge is 0.388 e. The molecule has 6 heteroatoms. The van der Waals surface area contributed by atoms with Gasteiger partial charge in [0, 0.05) is 38.9 Å². The van der Waals surface area contributed by atoms with Crippen molar-refractivity contribution in [3.05, 3.63) is 66.2 Å². The van der Waals surface area contributed by atoms with Gasteiger partial charge in [0.2, 0.25) is 0 Å². The second-order valence-corrected chi connectivity index (χ2v) is 6.87. The summed E-state index contributed by atoms with van der Waals surface area (Å²) >= 11 is 0. The number of hydrogen-bond acceptors (Lipinski definition) is 3. The SMILES string of the molecule is CCNC(=NCCCCN(C)c1ccccc1)NCCC(O)c1ccccc1.I. The molecule has 5 nitrogen and oxygen atoms in total. The Hall–Kier alpha value is -1.80. The van der Waals surface area contributed by atoms with E-state index in [1.807, 2.05) is 36.4 Å². The number of guanidine groups is 1. The Kier molecular flexibility index (Phi) is 13.1. The molecule has 0 fully saturated rings. The first-order valence-corrected chi connectivity index (χ1v) is 10.2. The molecule has 0 aliphatic rings. The van der Waals surface area contributed by atoms with Crippen LogP contribution in [-0.4, -0.2) is 44.3 Å². The molecule has 0 saturated heterocycles. The maximum atomic E-state index is 10.3. The highest BCUT2D eigenvalue weighted by Gasteiger charge is 2.07. The van der Waals surface area contributed by atoms with Gasteiger partial charge in [0.15, 0.2) is 5.96 Å². The van der Waals surface area contributed by atoms with Gasteiger partial charge in [-0.15, -0.1) is 24.0 Å². The van der Waals surface area contributed by atoms with Gasteiger partial charge in [0.25, 0.3) is 0 Å². The fraction of sp³-hybridized carbons (Fsp3) is 0.435. The quantitative estimate of drug-likeness (QED) is 0.184. The molecule has 1 atom stereocenters. The molecule has 0 saturated carbocycles. The summed E-state index contributed by atoms with van der Waals surface area (Å²) in [4.78, 5) is 6.92. The van der Waals surface area contributed by atoms with Crippen molar-refractivity contribution in [2.24, 2.45) is 4.99 Å². The molecular weight excluding hydrogens is 475 g/mol. The van der Waals surface area contributed by atoms with Crippen LogP contribution in [0, 0.1) is 0 Å². The summed E-state index contributed by atoms with van der Waals surface area (Å²) in [6, 6.07) is 20.2. The topological polar surface area (TPSA) is 59.9 Å². The van der Waals surface area contributed by atoms with Crippen LogP contribution < -0.4 is 15.5 Å². The van der Waals surface area contributed by atoms with Crippen molar-refractivity contribution in [2.75, 3.05) is 38.1 Å². The standard InChI is InChI=1S/C23H34N4O.HI/c1-3-24-23(26-18-16-22(28)20-12-6-4-7-13-20)25-17-10-11-19-27(2)21-14-8-5-9-15-21;/h4-9,12-15,22,28H,3,10-11,16-19H2,1-2H3,(H2,24,25,26);1H. The van der Waals surface area contributed by atoms with Crippen molar-refractivity contribution in [1.29, 1.82) is 0 Å². The van der Waals surface area contributed by atoms with E-state index in [0.717, 1.165) is 44.0 Å². The number of aliphatic imine (C=N–C) groups is 1. The van der Waals surface area contributed by atoms with E-state index in [2.05, 4.69) is 58.8 Å². The van der Waals surface area contributed by atoms with E-state index in [4.69, 9.17) is 0 Å². The van der Waals surface area contributed by atoms with Gasteiger partial charge in [-0.05, 0) is 43.9 Å². The molecule has 2 rings (SSSR count). The third-order valence-electron chi connectivity index (χ3n) is 4.61. The minimum Gasteiger partial charge on any atom is -0.388 e. The van der Waals surface area contributed by atoms with Crippen molar-refractivity contribution < 1.29 is 5.11 Å². The van der Waals surface area contributed by atoms with Crippen molar-refractivity contribution in [1.82, 2.24) is 10.6 Å². The number of unbranched alkanes of at least 4 members (excludes halogenated alkanes) is 1. The van der Waals surface area contributed by atoms with Crippen LogP contribution in [0.5, 0.6) is 0 Å². The molecule has 0 aliphatic heterocycles. The molecule has 0 amide bonds. The average Bonchev–Trinajstić information content (AvgIpc) is 2.74. The highest BCUT2D eigenvalue weighted by molar-refractivity contribution is 14.0. The van der Waals surface area contributed by atoms with Crippen molar-refractivity contribution in [3.8, 4) is 0 Å². The lowest BCUT2D eigenvalue weighted by Crippen LogP contribution is -2.38. The Morgan fingerprint density at radius 3 is 2.31 bits per heavy atom. The summed E-state index contributed by atoms with van der Waals surface area (Å²) in [6.07, 6.45) is 2.34. The summed E-state index contributed by atoms with van der Waals surface area (Å²) in [7, 11) is 2.13. The van der Waals surface area contributed by atoms with E-state index in [9.17, 15) is 5.11 Å². The lowest BCUT2D eigenvalue weighted by Gasteiger charge is -2.18. The third-order valence-corrected chi connectivity index (χ3v) is 4.61. The maximum absolute atomic E-state index is 10.3. The summed E-state index contributed by atoms with van der Waals surface area (Å²) < 4.78 is 0. The Bertz CT molecular complexity index is 682. The Balaban J connectivity index is 0.00000420. The van der Waals surface area contributed by atoms with Gasteiger partial charge >= 0.3 is 0 Å². The molecule has 0 aliphatic carbocycles. The van der Waals surface area contributed by atoms with E-state index in [0.29, 0.717) is 13.0 Å². The van der Waals surface area contributed by atoms with Crippen LogP contribution in [0.1, 0.15) is 37.9 Å². The minimum absolute atomic E-state index is 0. The molecule has 2 aromatic rings. The van der Waals surface area contributed by atoms with Crippen LogP contribution in [0.4, 0.5) is 5.69 Å². The number of hydrogen-bond donors (Lipinski definition) is 3. The van der Waals surface area contributed by atoms with Crippen LogP contribution in [0.25, 0.3) is 0 Å². The number of benzene rings is 2. The smallest absolute Gasteiger partial charge is 0.191 e. The monoisotopic (exact) mass is 510 g/mol. The van der Waals surface area contributed by atoms with Crippen LogP contribution in [-0.2, 0) is 0 Å². The number of rotatable bonds is 11. The van der Waals surface area contributed by atoms with Gasteiger partial charge in [0.05, 0.1) is 6.10 Å². The molecule has 0 heterocycles. The van der Waals surface area contributed by atoms with Gasteiger partial charge in [-0.1, -0.05) is 48.5 Å². The van der Waals surface area contributed by atoms with Crippen LogP contribution in [0.2, 0.25) is 0 Å². The van der Waals surface area contributed by atoms with Crippen LogP contribution in [0.15, 0.2) is 65.7 Å². The van der Waals surface area contributed by atoms with Crippen LogP contribution in [0.3, 0.4) is 0 Å². The fourth-order valence-electron chi connectivity index (χ4n) is 2.97. The zero-order chi connectivity index (χ0) is 20.0. The number of nitrogens with one attached hydrogen (secondary N) is 2. The third kappa shape index (κ3) is 9.99. The summed E-state index contributed by atoms with van der Waals surface area (Å²) in [5, 5.41) is 16.8. The fourth-order valence-corrected chi connectivity index (χ4v) is 2.97. The maximum Gasteiger partial charge on any atom is 0.191 e. The van der Waals surface area contributed by atoms with Crippen molar-refractivity contribution in [3.63, 3.8) is 0 Å². The minimum atomic E-state index is -0.454. The number of aliphatic hydroxyl groups is 1. The molecule has 160 valence electrons. The summed E-state index contributed by atoms with van der Waals surface area (Å²) in [5.41, 5.74) is 2.20. The van der Waals surface area contributed by atoms with Crippen molar-refractivity contribution >= 4 is 35.6 Å². The summed E-state index contributed by atoms with van der Waals surface area (Å²) in [6.45, 7) is 5.37. The second-order valence-electron chi connectivity index (χ2n) is 6.87. The normalized spacial score (nSPS) is 12.0. The lowest BCUT2D eigenvalue weighted by atomic mass is 10.1. The number of anilines is 1. The van der Waals surface area contributed by atoms with E-state index in [1.165, 1.54) is 5.69 Å². The number of nitrogens with zero attached hydrogens (tertiary/aromatic N) is 2. The van der Waals surface area contributed by atoms with Gasteiger partial charge in [0.1, 0.15) is 0 Å². The number of aliphatic hydroxyl groups excluding tert-OH is 1. The van der Waals surface area contributed by atoms with E-state index in [1.54, 1.807) is 0 Å². The van der Waals surface area contributed by atoms with Crippen LogP contribution >= 0.6 is 24.0 Å². The molecule has 0 spiro atoms. The Morgan fingerprint density at radius 1 is 1.00 bits per heavy atom. The second kappa shape index (κ2) is 15.1. The first-order valence-electron chi connectivity index (χ1n) is 10.2. The van der Waals surface area contributed by atoms with Gasteiger partial charge in [-0.2, -0.15) is 0 Å². The predicted octanol–water partition coefficient (Wildman–Crippen LogP) is 4.20. The number of halogens is 1. The average molecular weight is 510 g/mol. The Labute approximate surface area is 192 Å². The van der Waals surface area contributed by atoms with Gasteiger partial charge in [-0.25, -0.2) is 0 Å². The lowest BCUT2D eigenvalue weighted by molar-refractivity contribution is 0.168. The van der Waals surface area contributed by atoms with Crippen molar-refractivity contribution in [2.45, 2.75) is 32.3 Å². The first kappa shape index (κ1) is 25.2. The van der Waals surface area contributed by atoms with E-state index < -0.39 is 6.10 Å². The highest BCUT2D eigenvalue weighted by atomic mass is 127. The molecule has 2 aromatic carbocycles. The predicted molar refractivity (Wildman–Crippen MR) is 134 cm³/mol. The molecular formula is C23H35IN4O. The molecule has 3 N–H and O–H groups in total. The zero-order valence-electron chi connectivity index (χ0n) is 17.6. The van der Waals surface area contributed by atoms with Gasteiger partial charge < -0.3 is 20.6 Å². The zero-order valence-corrected chi connectivity index (χ0v) is 19.9. The van der Waals surface area contributed by atoms with Gasteiger partial charge in [-0.3, -0.25) is 4.99 Å². The highest BCUT2D eigenvalue weighted by Crippen LogP contribution is 2.15. The molecule has 29 heavy (non-hydrogen) atoms. The molecule has 1 unspecified atom stereocenters.